The number of carbonyl (C=O) groups is 1. The van der Waals surface area contributed by atoms with E-state index in [-0.39, 0.29) is 42.1 Å². The van der Waals surface area contributed by atoms with Crippen LogP contribution in [0.2, 0.25) is 18.6 Å². The number of nitrogens with one attached hydrogen (secondary N) is 1. The summed E-state index contributed by atoms with van der Waals surface area (Å²) in [6, 6.07) is 28.5. The summed E-state index contributed by atoms with van der Waals surface area (Å²) >= 11 is 0. The van der Waals surface area contributed by atoms with Crippen LogP contribution in [0.4, 0.5) is 15.5 Å². The van der Waals surface area contributed by atoms with Gasteiger partial charge in [-0.2, -0.15) is 0 Å². The molecule has 0 radical (unpaired) electrons. The molecule has 0 bridgehead atoms. The number of hydrogen-bond acceptors (Lipinski definition) is 7. The van der Waals surface area contributed by atoms with Gasteiger partial charge in [0.2, 0.25) is 8.41 Å². The van der Waals surface area contributed by atoms with Gasteiger partial charge in [0.05, 0.1) is 37.1 Å². The van der Waals surface area contributed by atoms with Crippen LogP contribution in [0.25, 0.3) is 0 Å². The second-order valence-electron chi connectivity index (χ2n) is 15.1. The molecule has 3 fully saturated rings. The van der Waals surface area contributed by atoms with Crippen molar-refractivity contribution in [3.8, 4) is 0 Å². The zero-order valence-corrected chi connectivity index (χ0v) is 31.0. The first-order valence-electron chi connectivity index (χ1n) is 18.5. The van der Waals surface area contributed by atoms with Crippen LogP contribution in [0.3, 0.4) is 0 Å². The average Bonchev–Trinajstić information content (AvgIpc) is 3.82. The minimum absolute atomic E-state index is 0.0563. The van der Waals surface area contributed by atoms with Gasteiger partial charge >= 0.3 is 0 Å². The molecule has 1 spiro atoms. The Kier molecular flexibility index (Phi) is 10.4. The number of anilines is 2. The Hall–Kier alpha value is -3.90. The first-order chi connectivity index (χ1) is 24.7. The van der Waals surface area contributed by atoms with Gasteiger partial charge in [-0.05, 0) is 99.6 Å². The first kappa shape index (κ1) is 35.5. The lowest BCUT2D eigenvalue weighted by molar-refractivity contribution is -0.122. The molecule has 0 aliphatic carbocycles. The largest absolute Gasteiger partial charge is 0.395 e. The Balaban J connectivity index is 1.02. The molecule has 3 aliphatic rings. The van der Waals surface area contributed by atoms with Crippen molar-refractivity contribution in [3.05, 3.63) is 108 Å². The molecule has 270 valence electrons. The SMILES string of the molecule is C[C@@H]1[C@@H]([Si](C)(C)F)[C@H](CCn2cc(C(CO)c3ccccc3)nn2)O[C@@H]1CCc1cccc(N2CN(c3ccccc3)C3(CCNCC3)C2=O)c1. The molecule has 2 N–H and O–H groups in total. The number of aromatic nitrogens is 3. The topological polar surface area (TPSA) is 95.8 Å². The van der Waals surface area contributed by atoms with Crippen molar-refractivity contribution < 1.29 is 18.7 Å². The third kappa shape index (κ3) is 7.26. The average molecular weight is 711 g/mol. The molecule has 3 saturated heterocycles. The normalized spacial score (nSPS) is 24.1. The maximum absolute atomic E-state index is 15.9. The minimum Gasteiger partial charge on any atom is -0.395 e. The lowest BCUT2D eigenvalue weighted by atomic mass is 9.86. The highest BCUT2D eigenvalue weighted by molar-refractivity contribution is 6.72. The molecule has 3 aromatic carbocycles. The molecule has 1 amide bonds. The number of ether oxygens (including phenoxy) is 1. The van der Waals surface area contributed by atoms with E-state index in [1.807, 2.05) is 71.8 Å². The molecule has 0 saturated carbocycles. The molecular formula is C40H51FN6O3Si. The number of piperidine rings is 1. The highest BCUT2D eigenvalue weighted by Crippen LogP contribution is 2.47. The van der Waals surface area contributed by atoms with E-state index in [0.717, 1.165) is 67.0 Å². The lowest BCUT2D eigenvalue weighted by Crippen LogP contribution is -2.55. The molecule has 9 nitrogen and oxygen atoms in total. The second-order valence-corrected chi connectivity index (χ2v) is 18.9. The molecule has 4 aromatic rings. The number of rotatable bonds is 12. The van der Waals surface area contributed by atoms with Gasteiger partial charge in [0.15, 0.2) is 0 Å². The van der Waals surface area contributed by atoms with Gasteiger partial charge < -0.3 is 24.2 Å². The summed E-state index contributed by atoms with van der Waals surface area (Å²) in [5.74, 6) is 0.0185. The van der Waals surface area contributed by atoms with Gasteiger partial charge in [0, 0.05) is 29.7 Å². The van der Waals surface area contributed by atoms with E-state index in [1.54, 1.807) is 17.8 Å². The smallest absolute Gasteiger partial charge is 0.254 e. The molecule has 1 unspecified atom stereocenters. The Morgan fingerprint density at radius 2 is 1.69 bits per heavy atom. The van der Waals surface area contributed by atoms with Crippen LogP contribution in [0.15, 0.2) is 91.1 Å². The quantitative estimate of drug-likeness (QED) is 0.132. The number of para-hydroxylation sites is 1. The zero-order chi connectivity index (χ0) is 35.6. The highest BCUT2D eigenvalue weighted by Gasteiger charge is 2.53. The molecule has 51 heavy (non-hydrogen) atoms. The second kappa shape index (κ2) is 15.0. The third-order valence-electron chi connectivity index (χ3n) is 11.5. The number of aryl methyl sites for hydroxylation is 2. The van der Waals surface area contributed by atoms with Gasteiger partial charge in [0.1, 0.15) is 5.54 Å². The Bertz CT molecular complexity index is 1760. The summed E-state index contributed by atoms with van der Waals surface area (Å²) in [4.78, 5) is 18.5. The van der Waals surface area contributed by atoms with Crippen LogP contribution in [0, 0.1) is 5.92 Å². The van der Waals surface area contributed by atoms with Gasteiger partial charge in [-0.1, -0.05) is 72.8 Å². The molecule has 5 atom stereocenters. The predicted octanol–water partition coefficient (Wildman–Crippen LogP) is 6.31. The van der Waals surface area contributed by atoms with Crippen LogP contribution in [-0.4, -0.2) is 78.5 Å². The Labute approximate surface area is 302 Å². The van der Waals surface area contributed by atoms with Crippen LogP contribution in [0.5, 0.6) is 0 Å². The number of aliphatic hydroxyl groups excluding tert-OH is 1. The van der Waals surface area contributed by atoms with E-state index in [0.29, 0.717) is 19.6 Å². The summed E-state index contributed by atoms with van der Waals surface area (Å²) < 4.78 is 24.4. The fourth-order valence-corrected chi connectivity index (χ4v) is 11.5. The summed E-state index contributed by atoms with van der Waals surface area (Å²) in [7, 11) is -3.05. The molecule has 11 heteroatoms. The summed E-state index contributed by atoms with van der Waals surface area (Å²) in [6.07, 6.45) is 5.39. The van der Waals surface area contributed by atoms with Gasteiger partial charge in [-0.25, -0.2) is 0 Å². The van der Waals surface area contributed by atoms with Crippen molar-refractivity contribution in [1.82, 2.24) is 20.3 Å². The zero-order valence-electron chi connectivity index (χ0n) is 30.0. The van der Waals surface area contributed by atoms with Crippen molar-refractivity contribution >= 4 is 25.7 Å². The first-order valence-corrected chi connectivity index (χ1v) is 21.5. The van der Waals surface area contributed by atoms with Crippen LogP contribution in [-0.2, 0) is 22.5 Å². The number of benzene rings is 3. The van der Waals surface area contributed by atoms with Crippen molar-refractivity contribution in [2.45, 2.75) is 87.9 Å². The minimum atomic E-state index is -3.05. The summed E-state index contributed by atoms with van der Waals surface area (Å²) in [5.41, 5.74) is 4.19. The van der Waals surface area contributed by atoms with Crippen molar-refractivity contribution in [2.24, 2.45) is 5.92 Å². The van der Waals surface area contributed by atoms with E-state index < -0.39 is 13.9 Å². The van der Waals surface area contributed by atoms with E-state index in [9.17, 15) is 9.90 Å². The lowest BCUT2D eigenvalue weighted by Gasteiger charge is -2.39. The number of amides is 1. The molecule has 1 aromatic heterocycles. The Morgan fingerprint density at radius 3 is 2.39 bits per heavy atom. The van der Waals surface area contributed by atoms with Crippen molar-refractivity contribution in [2.75, 3.05) is 36.2 Å². The van der Waals surface area contributed by atoms with E-state index in [2.05, 4.69) is 51.7 Å². The standard InChI is InChI=1S/C40H51FN6O3Si/c1-29-36(50-37(38(29)51(2,3)41)19-24-45-26-35(43-44-45)34(27-48)31-12-6-4-7-13-31)18-17-30-11-10-16-33(25-30)46-28-47(32-14-8-5-9-15-32)40(39(46)49)20-22-42-23-21-40/h4-16,25-26,29,34,36-38,42,48H,17-24,27-28H2,1-3H3/t29-,34?,36+,37-,38+/m0/s1. The fourth-order valence-electron chi connectivity index (χ4n) is 8.90. The maximum Gasteiger partial charge on any atom is 0.254 e. The summed E-state index contributed by atoms with van der Waals surface area (Å²) in [6.45, 7) is 8.43. The van der Waals surface area contributed by atoms with Crippen molar-refractivity contribution in [1.29, 1.82) is 0 Å². The molecule has 3 aliphatic heterocycles. The number of hydrogen-bond donors (Lipinski definition) is 2. The molecule has 7 rings (SSSR count). The van der Waals surface area contributed by atoms with Gasteiger partial charge in [-0.15, -0.1) is 5.10 Å². The fraction of sp³-hybridized carbons (Fsp3) is 0.475. The van der Waals surface area contributed by atoms with Crippen LogP contribution in [0.1, 0.15) is 55.3 Å². The Morgan fingerprint density at radius 1 is 0.980 bits per heavy atom. The van der Waals surface area contributed by atoms with Crippen LogP contribution < -0.4 is 15.1 Å². The van der Waals surface area contributed by atoms with Crippen LogP contribution >= 0.6 is 0 Å². The number of nitrogens with zero attached hydrogens (tertiary/aromatic N) is 5. The maximum atomic E-state index is 15.9. The molecular weight excluding hydrogens is 660 g/mol. The number of halogens is 1. The van der Waals surface area contributed by atoms with Gasteiger partial charge in [0.25, 0.3) is 5.91 Å². The van der Waals surface area contributed by atoms with E-state index in [1.165, 1.54) is 0 Å². The predicted molar refractivity (Wildman–Crippen MR) is 201 cm³/mol. The highest BCUT2D eigenvalue weighted by atomic mass is 28.4. The number of carbonyl (C=O) groups excluding carboxylic acids is 1. The third-order valence-corrected chi connectivity index (χ3v) is 14.0. The monoisotopic (exact) mass is 710 g/mol. The van der Waals surface area contributed by atoms with E-state index in [4.69, 9.17) is 4.74 Å². The van der Waals surface area contributed by atoms with Gasteiger partial charge in [-0.3, -0.25) is 14.4 Å². The number of aliphatic hydroxyl groups is 1. The summed E-state index contributed by atoms with van der Waals surface area (Å²) in [5, 5.41) is 22.3. The van der Waals surface area contributed by atoms with E-state index >= 15 is 4.11 Å². The van der Waals surface area contributed by atoms with Crippen molar-refractivity contribution in [3.63, 3.8) is 0 Å². The molecule has 4 heterocycles.